The number of carboxylic acids is 1. The van der Waals surface area contributed by atoms with Crippen molar-refractivity contribution in [3.8, 4) is 0 Å². The highest BCUT2D eigenvalue weighted by molar-refractivity contribution is 5.91. The summed E-state index contributed by atoms with van der Waals surface area (Å²) in [6, 6.07) is 5.26. The Morgan fingerprint density at radius 3 is 2.21 bits per heavy atom. The van der Waals surface area contributed by atoms with Crippen LogP contribution in [0, 0.1) is 0 Å². The van der Waals surface area contributed by atoms with E-state index in [1.807, 2.05) is 0 Å². The fourth-order valence-electron chi connectivity index (χ4n) is 2.45. The van der Waals surface area contributed by atoms with Crippen LogP contribution in [0.4, 0.5) is 0 Å². The lowest BCUT2D eigenvalue weighted by molar-refractivity contribution is -0.142. The van der Waals surface area contributed by atoms with Crippen molar-refractivity contribution in [1.82, 2.24) is 10.6 Å². The number of rotatable bonds is 12. The third-order valence-electron chi connectivity index (χ3n) is 4.02. The van der Waals surface area contributed by atoms with Gasteiger partial charge in [-0.15, -0.1) is 0 Å². The molecule has 160 valence electrons. The molecule has 10 N–H and O–H groups in total. The second-order valence-corrected chi connectivity index (χ2v) is 6.39. The monoisotopic (exact) mass is 408 g/mol. The predicted molar refractivity (Wildman–Crippen MR) is 107 cm³/mol. The SMILES string of the molecule is NC(N)=NCCC[C@H](N)C(=O)N[C@@H](CO)C(=O)N[C@@H](Cc1ccccc1)C(=O)O. The van der Waals surface area contributed by atoms with E-state index < -0.39 is 42.5 Å². The molecule has 1 aromatic carbocycles. The third-order valence-corrected chi connectivity index (χ3v) is 4.02. The molecular weight excluding hydrogens is 380 g/mol. The van der Waals surface area contributed by atoms with Crippen molar-refractivity contribution in [3.05, 3.63) is 35.9 Å². The van der Waals surface area contributed by atoms with Crippen molar-refractivity contribution in [2.75, 3.05) is 13.2 Å². The molecule has 0 aromatic heterocycles. The normalized spacial score (nSPS) is 13.6. The van der Waals surface area contributed by atoms with Gasteiger partial charge in [0, 0.05) is 13.0 Å². The largest absolute Gasteiger partial charge is 0.480 e. The summed E-state index contributed by atoms with van der Waals surface area (Å²) < 4.78 is 0. The number of carboxylic acid groups (broad SMARTS) is 1. The number of benzene rings is 1. The number of aliphatic hydroxyl groups is 1. The van der Waals surface area contributed by atoms with E-state index in [0.717, 1.165) is 0 Å². The molecule has 0 aliphatic heterocycles. The van der Waals surface area contributed by atoms with Crippen LogP contribution in [0.15, 0.2) is 35.3 Å². The molecule has 1 rings (SSSR count). The van der Waals surface area contributed by atoms with E-state index >= 15 is 0 Å². The average molecular weight is 408 g/mol. The number of aliphatic carboxylic acids is 1. The van der Waals surface area contributed by atoms with Crippen LogP contribution >= 0.6 is 0 Å². The summed E-state index contributed by atoms with van der Waals surface area (Å²) in [5, 5.41) is 23.4. The molecule has 3 atom stereocenters. The minimum absolute atomic E-state index is 0.0539. The second kappa shape index (κ2) is 12.3. The Labute approximate surface area is 168 Å². The Morgan fingerprint density at radius 1 is 1.03 bits per heavy atom. The standard InChI is InChI=1S/C18H28N6O5/c19-12(7-4-8-22-18(20)21)15(26)24-14(10-25)16(27)23-13(17(28)29)9-11-5-2-1-3-6-11/h1-3,5-6,12-14,25H,4,7-10,19H2,(H,23,27)(H,24,26)(H,28,29)(H4,20,21,22)/t12-,13-,14-/m0/s1. The van der Waals surface area contributed by atoms with Gasteiger partial charge in [0.05, 0.1) is 12.6 Å². The number of carbonyl (C=O) groups excluding carboxylic acids is 2. The fourth-order valence-corrected chi connectivity index (χ4v) is 2.45. The van der Waals surface area contributed by atoms with Gasteiger partial charge in [-0.1, -0.05) is 30.3 Å². The first-order valence-corrected chi connectivity index (χ1v) is 9.04. The molecule has 0 radical (unpaired) electrons. The van der Waals surface area contributed by atoms with E-state index in [1.54, 1.807) is 30.3 Å². The van der Waals surface area contributed by atoms with Crippen LogP contribution in [0.3, 0.4) is 0 Å². The van der Waals surface area contributed by atoms with Crippen molar-refractivity contribution in [3.63, 3.8) is 0 Å². The smallest absolute Gasteiger partial charge is 0.326 e. The Morgan fingerprint density at radius 2 is 1.66 bits per heavy atom. The summed E-state index contributed by atoms with van der Waals surface area (Å²) >= 11 is 0. The minimum atomic E-state index is -1.33. The first-order chi connectivity index (χ1) is 13.7. The third kappa shape index (κ3) is 9.04. The quantitative estimate of drug-likeness (QED) is 0.113. The number of carbonyl (C=O) groups is 3. The van der Waals surface area contributed by atoms with E-state index in [-0.39, 0.29) is 18.8 Å². The topological polar surface area (TPSA) is 206 Å². The summed E-state index contributed by atoms with van der Waals surface area (Å²) in [5.41, 5.74) is 16.9. The average Bonchev–Trinajstić information content (AvgIpc) is 2.68. The molecule has 0 saturated heterocycles. The van der Waals surface area contributed by atoms with Crippen molar-refractivity contribution < 1.29 is 24.6 Å². The van der Waals surface area contributed by atoms with E-state index in [4.69, 9.17) is 17.2 Å². The molecule has 0 aliphatic rings. The van der Waals surface area contributed by atoms with Crippen LogP contribution in [0.25, 0.3) is 0 Å². The lowest BCUT2D eigenvalue weighted by Gasteiger charge is -2.21. The van der Waals surface area contributed by atoms with E-state index in [9.17, 15) is 24.6 Å². The number of hydrogen-bond donors (Lipinski definition) is 7. The zero-order valence-corrected chi connectivity index (χ0v) is 16.0. The molecule has 2 amide bonds. The molecule has 0 saturated carbocycles. The van der Waals surface area contributed by atoms with E-state index in [2.05, 4.69) is 15.6 Å². The Balaban J connectivity index is 2.61. The van der Waals surface area contributed by atoms with Gasteiger partial charge in [-0.25, -0.2) is 4.79 Å². The van der Waals surface area contributed by atoms with Crippen LogP contribution in [0.1, 0.15) is 18.4 Å². The lowest BCUT2D eigenvalue weighted by Crippen LogP contribution is -2.56. The van der Waals surface area contributed by atoms with Gasteiger partial charge in [0.2, 0.25) is 11.8 Å². The molecule has 29 heavy (non-hydrogen) atoms. The van der Waals surface area contributed by atoms with Crippen LogP contribution < -0.4 is 27.8 Å². The van der Waals surface area contributed by atoms with Crippen LogP contribution in [-0.2, 0) is 20.8 Å². The zero-order valence-electron chi connectivity index (χ0n) is 16.0. The van der Waals surface area contributed by atoms with Gasteiger partial charge in [0.15, 0.2) is 5.96 Å². The van der Waals surface area contributed by atoms with Crippen molar-refractivity contribution >= 4 is 23.7 Å². The maximum absolute atomic E-state index is 12.3. The van der Waals surface area contributed by atoms with E-state index in [1.165, 1.54) is 0 Å². The first-order valence-electron chi connectivity index (χ1n) is 9.04. The second-order valence-electron chi connectivity index (χ2n) is 6.39. The summed E-state index contributed by atoms with van der Waals surface area (Å²) in [6.45, 7) is -0.414. The molecule has 11 nitrogen and oxygen atoms in total. The van der Waals surface area contributed by atoms with Gasteiger partial charge >= 0.3 is 5.97 Å². The number of nitrogens with two attached hydrogens (primary N) is 3. The Bertz CT molecular complexity index is 708. The van der Waals surface area contributed by atoms with E-state index in [0.29, 0.717) is 18.5 Å². The maximum atomic E-state index is 12.3. The van der Waals surface area contributed by atoms with Gasteiger partial charge in [0.1, 0.15) is 12.1 Å². The summed E-state index contributed by atoms with van der Waals surface area (Å²) in [7, 11) is 0. The fraction of sp³-hybridized carbons (Fsp3) is 0.444. The van der Waals surface area contributed by atoms with Gasteiger partial charge in [0.25, 0.3) is 0 Å². The molecule has 0 fully saturated rings. The van der Waals surface area contributed by atoms with Crippen molar-refractivity contribution in [2.45, 2.75) is 37.4 Å². The maximum Gasteiger partial charge on any atom is 0.326 e. The molecule has 0 unspecified atom stereocenters. The number of amides is 2. The molecule has 0 spiro atoms. The zero-order chi connectivity index (χ0) is 21.8. The highest BCUT2D eigenvalue weighted by Gasteiger charge is 2.27. The first kappa shape index (κ1) is 23.9. The number of guanidine groups is 1. The molecule has 0 heterocycles. The number of hydrogen-bond acceptors (Lipinski definition) is 6. The number of nitrogens with zero attached hydrogens (tertiary/aromatic N) is 1. The van der Waals surface area contributed by atoms with Gasteiger partial charge in [-0.3, -0.25) is 14.6 Å². The number of aliphatic imine (C=N–C) groups is 1. The van der Waals surface area contributed by atoms with Crippen molar-refractivity contribution in [1.29, 1.82) is 0 Å². The van der Waals surface area contributed by atoms with Gasteiger partial charge in [-0.2, -0.15) is 0 Å². The van der Waals surface area contributed by atoms with Crippen LogP contribution in [0.5, 0.6) is 0 Å². The molecule has 0 aliphatic carbocycles. The summed E-state index contributed by atoms with van der Waals surface area (Å²) in [4.78, 5) is 39.7. The Hall–Kier alpha value is -3.18. The van der Waals surface area contributed by atoms with Crippen molar-refractivity contribution in [2.24, 2.45) is 22.2 Å². The number of nitrogens with one attached hydrogen (secondary N) is 2. The molecular formula is C18H28N6O5. The summed E-state index contributed by atoms with van der Waals surface area (Å²) in [6.07, 6.45) is 0.757. The molecule has 11 heteroatoms. The van der Waals surface area contributed by atoms with Crippen LogP contribution in [0.2, 0.25) is 0 Å². The lowest BCUT2D eigenvalue weighted by atomic mass is 10.1. The highest BCUT2D eigenvalue weighted by atomic mass is 16.4. The van der Waals surface area contributed by atoms with Crippen LogP contribution in [-0.4, -0.2) is 65.2 Å². The molecule has 0 bridgehead atoms. The summed E-state index contributed by atoms with van der Waals surface area (Å²) in [5.74, 6) is -2.78. The number of aliphatic hydroxyl groups excluding tert-OH is 1. The minimum Gasteiger partial charge on any atom is -0.480 e. The molecule has 1 aromatic rings. The predicted octanol–water partition coefficient (Wildman–Crippen LogP) is -2.34. The van der Waals surface area contributed by atoms with Gasteiger partial charge in [-0.05, 0) is 18.4 Å². The highest BCUT2D eigenvalue weighted by Crippen LogP contribution is 2.04. The Kier molecular flexibility index (Phi) is 10.1. The van der Waals surface area contributed by atoms with Gasteiger partial charge < -0.3 is 38.0 Å².